The van der Waals surface area contributed by atoms with Crippen LogP contribution in [0.5, 0.6) is 11.5 Å². The number of nitrogen functional groups attached to an aromatic ring is 1. The molecule has 0 aliphatic carbocycles. The molecule has 132 valence electrons. The maximum Gasteiger partial charge on any atom is 0.231 e. The summed E-state index contributed by atoms with van der Waals surface area (Å²) >= 11 is 6.48. The van der Waals surface area contributed by atoms with E-state index in [1.807, 2.05) is 0 Å². The molecule has 7 nitrogen and oxygen atoms in total. The Kier molecular flexibility index (Phi) is 3.85. The first kappa shape index (κ1) is 16.5. The van der Waals surface area contributed by atoms with Gasteiger partial charge in [0.2, 0.25) is 12.7 Å². The van der Waals surface area contributed by atoms with E-state index in [1.165, 1.54) is 6.92 Å². The van der Waals surface area contributed by atoms with Gasteiger partial charge in [-0.15, -0.1) is 0 Å². The largest absolute Gasteiger partial charge is 0.454 e. The van der Waals surface area contributed by atoms with Gasteiger partial charge in [0.15, 0.2) is 11.5 Å². The first-order valence-electron chi connectivity index (χ1n) is 8.06. The van der Waals surface area contributed by atoms with Gasteiger partial charge >= 0.3 is 0 Å². The number of nitriles is 1. The summed E-state index contributed by atoms with van der Waals surface area (Å²) in [5.74, 6) is 1.23. The molecule has 8 heteroatoms. The van der Waals surface area contributed by atoms with Gasteiger partial charge in [0.25, 0.3) is 0 Å². The molecule has 1 amide bonds. The van der Waals surface area contributed by atoms with Crippen molar-refractivity contribution >= 4 is 23.3 Å². The topological polar surface area (TPSA) is 101 Å². The highest BCUT2D eigenvalue weighted by Gasteiger charge is 2.28. The second-order valence-corrected chi connectivity index (χ2v) is 6.57. The van der Waals surface area contributed by atoms with Crippen molar-refractivity contribution in [2.75, 3.05) is 19.1 Å². The lowest BCUT2D eigenvalue weighted by Gasteiger charge is -2.30. The molecule has 0 saturated heterocycles. The molecule has 0 atom stereocenters. The normalized spacial score (nSPS) is 14.7. The predicted octanol–water partition coefficient (Wildman–Crippen LogP) is 2.49. The van der Waals surface area contributed by atoms with Gasteiger partial charge in [-0.2, -0.15) is 5.26 Å². The van der Waals surface area contributed by atoms with Gasteiger partial charge in [0.1, 0.15) is 17.5 Å². The van der Waals surface area contributed by atoms with Gasteiger partial charge in [0, 0.05) is 49.2 Å². The summed E-state index contributed by atoms with van der Waals surface area (Å²) < 4.78 is 10.8. The molecule has 0 bridgehead atoms. The Morgan fingerprint density at radius 3 is 2.81 bits per heavy atom. The maximum absolute atomic E-state index is 11.9. The lowest BCUT2D eigenvalue weighted by atomic mass is 9.90. The highest BCUT2D eigenvalue weighted by molar-refractivity contribution is 6.33. The van der Waals surface area contributed by atoms with Crippen LogP contribution in [0.3, 0.4) is 0 Å². The molecule has 0 saturated carbocycles. The van der Waals surface area contributed by atoms with Crippen LogP contribution < -0.4 is 15.2 Å². The van der Waals surface area contributed by atoms with Crippen LogP contribution in [0.2, 0.25) is 5.02 Å². The molecular formula is C18H15ClN4O3. The quantitative estimate of drug-likeness (QED) is 0.827. The van der Waals surface area contributed by atoms with Crippen LogP contribution in [0, 0.1) is 11.3 Å². The van der Waals surface area contributed by atoms with Crippen LogP contribution >= 0.6 is 11.6 Å². The van der Waals surface area contributed by atoms with Crippen LogP contribution in [-0.2, 0) is 17.8 Å². The van der Waals surface area contributed by atoms with Gasteiger partial charge < -0.3 is 20.1 Å². The van der Waals surface area contributed by atoms with Gasteiger partial charge in [-0.25, -0.2) is 4.98 Å². The number of carbonyl (C=O) groups excluding carboxylic acids is 1. The number of hydrogen-bond acceptors (Lipinski definition) is 6. The van der Waals surface area contributed by atoms with Crippen LogP contribution in [0.1, 0.15) is 23.7 Å². The minimum absolute atomic E-state index is 0.0336. The minimum Gasteiger partial charge on any atom is -0.454 e. The van der Waals surface area contributed by atoms with E-state index in [4.69, 9.17) is 26.8 Å². The van der Waals surface area contributed by atoms with E-state index in [9.17, 15) is 10.1 Å². The number of halogens is 1. The van der Waals surface area contributed by atoms with E-state index in [-0.39, 0.29) is 24.1 Å². The summed E-state index contributed by atoms with van der Waals surface area (Å²) in [4.78, 5) is 18.0. The average molecular weight is 371 g/mol. The molecule has 2 aromatic rings. The molecular weight excluding hydrogens is 356 g/mol. The molecule has 2 aliphatic rings. The highest BCUT2D eigenvalue weighted by atomic mass is 35.5. The van der Waals surface area contributed by atoms with Crippen molar-refractivity contribution in [1.29, 1.82) is 5.26 Å². The number of anilines is 1. The number of aromatic nitrogens is 1. The van der Waals surface area contributed by atoms with E-state index in [1.54, 1.807) is 17.0 Å². The van der Waals surface area contributed by atoms with Gasteiger partial charge in [-0.1, -0.05) is 11.6 Å². The maximum atomic E-state index is 11.9. The molecule has 0 radical (unpaired) electrons. The van der Waals surface area contributed by atoms with Gasteiger partial charge in [-0.3, -0.25) is 4.79 Å². The summed E-state index contributed by atoms with van der Waals surface area (Å²) in [7, 11) is 0. The van der Waals surface area contributed by atoms with Crippen molar-refractivity contribution in [3.63, 3.8) is 0 Å². The Hall–Kier alpha value is -2.98. The summed E-state index contributed by atoms with van der Waals surface area (Å²) in [6.45, 7) is 2.56. The Morgan fingerprint density at radius 2 is 2.12 bits per heavy atom. The number of benzene rings is 1. The third kappa shape index (κ3) is 2.50. The Labute approximate surface area is 154 Å². The Balaban J connectivity index is 1.98. The molecule has 1 aromatic heterocycles. The summed E-state index contributed by atoms with van der Waals surface area (Å²) in [5.41, 5.74) is 9.07. The van der Waals surface area contributed by atoms with Crippen molar-refractivity contribution in [3.05, 3.63) is 34.0 Å². The lowest BCUT2D eigenvalue weighted by Crippen LogP contribution is -2.35. The zero-order chi connectivity index (χ0) is 18.4. The first-order valence-corrected chi connectivity index (χ1v) is 8.43. The fourth-order valence-corrected chi connectivity index (χ4v) is 3.62. The van der Waals surface area contributed by atoms with E-state index in [0.717, 1.165) is 11.3 Å². The van der Waals surface area contributed by atoms with Gasteiger partial charge in [-0.05, 0) is 6.07 Å². The molecule has 2 N–H and O–H groups in total. The number of pyridine rings is 1. The number of carbonyl (C=O) groups is 1. The predicted molar refractivity (Wildman–Crippen MR) is 94.7 cm³/mol. The van der Waals surface area contributed by atoms with E-state index >= 15 is 0 Å². The highest BCUT2D eigenvalue weighted by Crippen LogP contribution is 2.44. The van der Waals surface area contributed by atoms with Crippen molar-refractivity contribution in [3.8, 4) is 28.7 Å². The third-order valence-electron chi connectivity index (χ3n) is 4.67. The molecule has 1 aromatic carbocycles. The van der Waals surface area contributed by atoms with E-state index in [0.29, 0.717) is 47.2 Å². The molecule has 0 fully saturated rings. The zero-order valence-corrected chi connectivity index (χ0v) is 14.8. The number of fused-ring (bicyclic) bond motifs is 2. The molecule has 3 heterocycles. The monoisotopic (exact) mass is 370 g/mol. The number of ether oxygens (including phenoxy) is 2. The first-order chi connectivity index (χ1) is 12.5. The smallest absolute Gasteiger partial charge is 0.231 e. The van der Waals surface area contributed by atoms with Crippen molar-refractivity contribution < 1.29 is 14.3 Å². The summed E-state index contributed by atoms with van der Waals surface area (Å²) in [5, 5.41) is 10.1. The van der Waals surface area contributed by atoms with Crippen LogP contribution in [-0.4, -0.2) is 29.1 Å². The SMILES string of the molecule is CC(=O)N1CCc2nc(N)c(C#N)c(-c3cc4c(cc3Cl)OCO4)c2C1. The number of nitrogens with zero attached hydrogens (tertiary/aromatic N) is 3. The van der Waals surface area contributed by atoms with Crippen LogP contribution in [0.4, 0.5) is 5.82 Å². The standard InChI is InChI=1S/C18H15ClN4O3/c1-9(24)23-3-2-14-12(7-23)17(11(6-20)18(21)22-14)10-4-15-16(5-13(10)19)26-8-25-15/h4-5H,2-3,7-8H2,1H3,(H2,21,22). The summed E-state index contributed by atoms with van der Waals surface area (Å²) in [6.07, 6.45) is 0.569. The second kappa shape index (κ2) is 6.07. The van der Waals surface area contributed by atoms with Gasteiger partial charge in [0.05, 0.1) is 10.7 Å². The number of rotatable bonds is 1. The second-order valence-electron chi connectivity index (χ2n) is 6.16. The zero-order valence-electron chi connectivity index (χ0n) is 14.0. The van der Waals surface area contributed by atoms with Crippen molar-refractivity contribution in [1.82, 2.24) is 9.88 Å². The molecule has 2 aliphatic heterocycles. The van der Waals surface area contributed by atoms with E-state index in [2.05, 4.69) is 11.1 Å². The van der Waals surface area contributed by atoms with Crippen LogP contribution in [0.25, 0.3) is 11.1 Å². The number of hydrogen-bond donors (Lipinski definition) is 1. The van der Waals surface area contributed by atoms with E-state index < -0.39 is 0 Å². The fraction of sp³-hybridized carbons (Fsp3) is 0.278. The minimum atomic E-state index is -0.0336. The molecule has 26 heavy (non-hydrogen) atoms. The molecule has 0 spiro atoms. The summed E-state index contributed by atoms with van der Waals surface area (Å²) in [6, 6.07) is 5.53. The number of nitrogens with two attached hydrogens (primary N) is 1. The Morgan fingerprint density at radius 1 is 1.38 bits per heavy atom. The molecule has 0 unspecified atom stereocenters. The lowest BCUT2D eigenvalue weighted by molar-refractivity contribution is -0.129. The van der Waals surface area contributed by atoms with Crippen molar-refractivity contribution in [2.24, 2.45) is 0 Å². The van der Waals surface area contributed by atoms with Crippen molar-refractivity contribution in [2.45, 2.75) is 19.9 Å². The molecule has 4 rings (SSSR count). The third-order valence-corrected chi connectivity index (χ3v) is 4.98. The average Bonchev–Trinajstić information content (AvgIpc) is 3.06. The van der Waals surface area contributed by atoms with Crippen LogP contribution in [0.15, 0.2) is 12.1 Å². The number of amides is 1. The Bertz CT molecular complexity index is 984. The fourth-order valence-electron chi connectivity index (χ4n) is 3.37.